The molecule has 20 heavy (non-hydrogen) atoms. The zero-order valence-corrected chi connectivity index (χ0v) is 13.4. The van der Waals surface area contributed by atoms with Crippen molar-refractivity contribution < 1.29 is 18.3 Å². The van der Waals surface area contributed by atoms with Gasteiger partial charge in [-0.1, -0.05) is 15.9 Å². The van der Waals surface area contributed by atoms with Gasteiger partial charge in [-0.05, 0) is 43.0 Å². The van der Waals surface area contributed by atoms with Gasteiger partial charge in [0, 0.05) is 24.0 Å². The predicted molar refractivity (Wildman–Crippen MR) is 78.0 cm³/mol. The maximum atomic E-state index is 12.5. The van der Waals surface area contributed by atoms with E-state index in [2.05, 4.69) is 15.9 Å². The number of hydrogen-bond donors (Lipinski definition) is 1. The van der Waals surface area contributed by atoms with Crippen molar-refractivity contribution in [2.75, 3.05) is 13.1 Å². The van der Waals surface area contributed by atoms with Crippen LogP contribution in [0.4, 0.5) is 0 Å². The van der Waals surface area contributed by atoms with Crippen LogP contribution in [0.5, 0.6) is 0 Å². The molecule has 0 aromatic heterocycles. The molecule has 1 unspecified atom stereocenters. The Bertz CT molecular complexity index is 629. The Morgan fingerprint density at radius 2 is 2.20 bits per heavy atom. The molecule has 1 saturated heterocycles. The number of aryl methyl sites for hydroxylation is 1. The fourth-order valence-corrected chi connectivity index (χ4v) is 4.22. The quantitative estimate of drug-likeness (QED) is 0.892. The Balaban J connectivity index is 2.19. The lowest BCUT2D eigenvalue weighted by Gasteiger charge is -2.17. The number of benzene rings is 1. The molecule has 1 heterocycles. The summed E-state index contributed by atoms with van der Waals surface area (Å²) in [5, 5.41) is 8.77. The molecule has 1 aliphatic rings. The number of hydrogen-bond acceptors (Lipinski definition) is 3. The molecule has 0 spiro atoms. The molecule has 1 aliphatic heterocycles. The predicted octanol–water partition coefficient (Wildman–Crippen LogP) is 2.24. The van der Waals surface area contributed by atoms with Gasteiger partial charge in [0.15, 0.2) is 0 Å². The fourth-order valence-electron chi connectivity index (χ4n) is 2.36. The van der Waals surface area contributed by atoms with Crippen LogP contribution in [-0.2, 0) is 14.8 Å². The molecule has 0 radical (unpaired) electrons. The molecule has 1 N–H and O–H groups in total. The summed E-state index contributed by atoms with van der Waals surface area (Å²) in [6, 6.07) is 4.91. The van der Waals surface area contributed by atoms with Gasteiger partial charge in [0.25, 0.3) is 0 Å². The topological polar surface area (TPSA) is 74.7 Å². The Morgan fingerprint density at radius 1 is 1.50 bits per heavy atom. The fraction of sp³-hybridized carbons (Fsp3) is 0.462. The number of nitrogens with zero attached hydrogens (tertiary/aromatic N) is 1. The Labute approximate surface area is 126 Å². The standard InChI is InChI=1S/C13H16BrNO4S/c1-9-6-11(2-3-12(9)14)20(18,19)15-5-4-10(8-15)7-13(16)17/h2-3,6,10H,4-5,7-8H2,1H3,(H,16,17). The second kappa shape index (κ2) is 5.83. The average Bonchev–Trinajstić information content (AvgIpc) is 2.80. The minimum absolute atomic E-state index is 0.0192. The van der Waals surface area contributed by atoms with E-state index in [4.69, 9.17) is 5.11 Å². The normalized spacial score (nSPS) is 20.2. The van der Waals surface area contributed by atoms with Crippen molar-refractivity contribution in [3.63, 3.8) is 0 Å². The third kappa shape index (κ3) is 3.21. The highest BCUT2D eigenvalue weighted by atomic mass is 79.9. The van der Waals surface area contributed by atoms with Crippen LogP contribution >= 0.6 is 15.9 Å². The number of halogens is 1. The first-order valence-corrected chi connectivity index (χ1v) is 8.52. The molecular formula is C13H16BrNO4S. The highest BCUT2D eigenvalue weighted by Gasteiger charge is 2.33. The van der Waals surface area contributed by atoms with E-state index in [0.717, 1.165) is 10.0 Å². The maximum absolute atomic E-state index is 12.5. The Morgan fingerprint density at radius 3 is 2.80 bits per heavy atom. The smallest absolute Gasteiger partial charge is 0.303 e. The molecule has 1 aromatic carbocycles. The third-order valence-electron chi connectivity index (χ3n) is 3.48. The van der Waals surface area contributed by atoms with E-state index in [1.54, 1.807) is 18.2 Å². The molecule has 0 aliphatic carbocycles. The van der Waals surface area contributed by atoms with Gasteiger partial charge < -0.3 is 5.11 Å². The molecule has 1 atom stereocenters. The van der Waals surface area contributed by atoms with Crippen LogP contribution < -0.4 is 0 Å². The minimum Gasteiger partial charge on any atom is -0.481 e. The lowest BCUT2D eigenvalue weighted by molar-refractivity contribution is -0.137. The van der Waals surface area contributed by atoms with Crippen LogP contribution in [0.25, 0.3) is 0 Å². The molecule has 7 heteroatoms. The minimum atomic E-state index is -3.53. The SMILES string of the molecule is Cc1cc(S(=O)(=O)N2CCC(CC(=O)O)C2)ccc1Br. The Kier molecular flexibility index (Phi) is 4.51. The van der Waals surface area contributed by atoms with Crippen molar-refractivity contribution in [2.45, 2.75) is 24.7 Å². The highest BCUT2D eigenvalue weighted by molar-refractivity contribution is 9.10. The maximum Gasteiger partial charge on any atom is 0.303 e. The van der Waals surface area contributed by atoms with Crippen LogP contribution in [0.2, 0.25) is 0 Å². The summed E-state index contributed by atoms with van der Waals surface area (Å²) < 4.78 is 27.2. The second-order valence-electron chi connectivity index (χ2n) is 5.03. The van der Waals surface area contributed by atoms with Crippen LogP contribution in [0.15, 0.2) is 27.6 Å². The molecule has 110 valence electrons. The van der Waals surface area contributed by atoms with Crippen molar-refractivity contribution >= 4 is 31.9 Å². The van der Waals surface area contributed by atoms with Crippen molar-refractivity contribution in [1.82, 2.24) is 4.31 Å². The van der Waals surface area contributed by atoms with E-state index in [0.29, 0.717) is 13.0 Å². The third-order valence-corrected chi connectivity index (χ3v) is 6.23. The molecule has 1 aromatic rings. The van der Waals surface area contributed by atoms with Gasteiger partial charge in [-0.2, -0.15) is 4.31 Å². The van der Waals surface area contributed by atoms with E-state index in [-0.39, 0.29) is 23.8 Å². The summed E-state index contributed by atoms with van der Waals surface area (Å²) in [4.78, 5) is 10.9. The summed E-state index contributed by atoms with van der Waals surface area (Å²) in [6.45, 7) is 2.50. The summed E-state index contributed by atoms with van der Waals surface area (Å²) in [6.07, 6.45) is 0.617. The number of carboxylic acids is 1. The van der Waals surface area contributed by atoms with Crippen LogP contribution in [-0.4, -0.2) is 36.9 Å². The first kappa shape index (κ1) is 15.5. The lowest BCUT2D eigenvalue weighted by atomic mass is 10.1. The molecule has 0 saturated carbocycles. The van der Waals surface area contributed by atoms with Gasteiger partial charge >= 0.3 is 5.97 Å². The van der Waals surface area contributed by atoms with Crippen LogP contribution in [0.1, 0.15) is 18.4 Å². The largest absolute Gasteiger partial charge is 0.481 e. The number of aliphatic carboxylic acids is 1. The lowest BCUT2D eigenvalue weighted by Crippen LogP contribution is -2.29. The van der Waals surface area contributed by atoms with Crippen molar-refractivity contribution in [3.8, 4) is 0 Å². The molecule has 1 fully saturated rings. The number of carbonyl (C=O) groups is 1. The molecular weight excluding hydrogens is 346 g/mol. The van der Waals surface area contributed by atoms with Crippen molar-refractivity contribution in [2.24, 2.45) is 5.92 Å². The van der Waals surface area contributed by atoms with E-state index in [1.165, 1.54) is 4.31 Å². The summed E-state index contributed by atoms with van der Waals surface area (Å²) in [5.41, 5.74) is 0.854. The van der Waals surface area contributed by atoms with Crippen LogP contribution in [0, 0.1) is 12.8 Å². The zero-order valence-electron chi connectivity index (χ0n) is 11.0. The number of sulfonamides is 1. The second-order valence-corrected chi connectivity index (χ2v) is 7.82. The van der Waals surface area contributed by atoms with Crippen molar-refractivity contribution in [1.29, 1.82) is 0 Å². The monoisotopic (exact) mass is 361 g/mol. The van der Waals surface area contributed by atoms with Gasteiger partial charge in [0.1, 0.15) is 0 Å². The van der Waals surface area contributed by atoms with E-state index < -0.39 is 16.0 Å². The average molecular weight is 362 g/mol. The van der Waals surface area contributed by atoms with E-state index in [9.17, 15) is 13.2 Å². The summed E-state index contributed by atoms with van der Waals surface area (Å²) in [7, 11) is -3.53. The highest BCUT2D eigenvalue weighted by Crippen LogP contribution is 2.28. The van der Waals surface area contributed by atoms with E-state index >= 15 is 0 Å². The van der Waals surface area contributed by atoms with Gasteiger partial charge in [-0.25, -0.2) is 8.42 Å². The van der Waals surface area contributed by atoms with Crippen molar-refractivity contribution in [3.05, 3.63) is 28.2 Å². The number of rotatable bonds is 4. The summed E-state index contributed by atoms with van der Waals surface area (Å²) in [5.74, 6) is -0.979. The first-order chi connectivity index (χ1) is 9.30. The molecule has 5 nitrogen and oxygen atoms in total. The van der Waals surface area contributed by atoms with Gasteiger partial charge in [-0.15, -0.1) is 0 Å². The first-order valence-electron chi connectivity index (χ1n) is 6.29. The van der Waals surface area contributed by atoms with Gasteiger partial charge in [0.2, 0.25) is 10.0 Å². The Hall–Kier alpha value is -0.920. The number of carboxylic acid groups (broad SMARTS) is 1. The molecule has 0 amide bonds. The molecule has 0 bridgehead atoms. The van der Waals surface area contributed by atoms with Gasteiger partial charge in [-0.3, -0.25) is 4.79 Å². The van der Waals surface area contributed by atoms with Crippen LogP contribution in [0.3, 0.4) is 0 Å². The van der Waals surface area contributed by atoms with Gasteiger partial charge in [0.05, 0.1) is 4.90 Å². The van der Waals surface area contributed by atoms with E-state index in [1.807, 2.05) is 6.92 Å². The molecule has 2 rings (SSSR count). The zero-order chi connectivity index (χ0) is 14.9. The summed E-state index contributed by atoms with van der Waals surface area (Å²) >= 11 is 3.34.